The molecule has 0 aliphatic heterocycles. The standard InChI is InChI=1S/C55H30N4O2/c1-2-13-32(14-3-1)53-56-54(39-22-12-26-46-48(39)37-18-6-8-24-44(37)60-46)58-55(57-53)40-28-30-43(52-49(40)38-19-7-9-25-45(38)61-52)59-41-23-11-21-36-34-17-5-4-16-33(34)35-20-10-15-31-27-29-42(59)51(47(31)35)50(36)41/h1-30H. The molecule has 6 heteroatoms. The highest BCUT2D eigenvalue weighted by Crippen LogP contribution is 2.51. The van der Waals surface area contributed by atoms with Gasteiger partial charge in [0.2, 0.25) is 0 Å². The van der Waals surface area contributed by atoms with Crippen molar-refractivity contribution < 1.29 is 8.83 Å². The predicted molar refractivity (Wildman–Crippen MR) is 247 cm³/mol. The molecule has 1 aliphatic carbocycles. The molecule has 0 bridgehead atoms. The molecule has 0 N–H and O–H groups in total. The van der Waals surface area contributed by atoms with E-state index in [-0.39, 0.29) is 0 Å². The summed E-state index contributed by atoms with van der Waals surface area (Å²) in [7, 11) is 0. The Morgan fingerprint density at radius 3 is 1.70 bits per heavy atom. The molecule has 282 valence electrons. The van der Waals surface area contributed by atoms with E-state index in [1.807, 2.05) is 72.8 Å². The third-order valence-electron chi connectivity index (χ3n) is 12.6. The molecule has 0 spiro atoms. The zero-order valence-corrected chi connectivity index (χ0v) is 32.4. The number of para-hydroxylation sites is 2. The maximum Gasteiger partial charge on any atom is 0.164 e. The highest BCUT2D eigenvalue weighted by molar-refractivity contribution is 6.31. The number of benzene rings is 9. The fourth-order valence-corrected chi connectivity index (χ4v) is 10.1. The van der Waals surface area contributed by atoms with Crippen LogP contribution >= 0.6 is 0 Å². The van der Waals surface area contributed by atoms with Crippen molar-refractivity contribution in [1.82, 2.24) is 19.5 Å². The molecule has 13 aromatic rings. The first kappa shape index (κ1) is 32.6. The zero-order chi connectivity index (χ0) is 39.8. The van der Waals surface area contributed by atoms with E-state index in [1.165, 1.54) is 43.8 Å². The van der Waals surface area contributed by atoms with Gasteiger partial charge in [-0.15, -0.1) is 0 Å². The summed E-state index contributed by atoms with van der Waals surface area (Å²) in [4.78, 5) is 15.7. The molecule has 1 aliphatic rings. The molecule has 4 aromatic heterocycles. The van der Waals surface area contributed by atoms with Gasteiger partial charge in [0.1, 0.15) is 16.7 Å². The molecule has 0 radical (unpaired) electrons. The van der Waals surface area contributed by atoms with Crippen molar-refractivity contribution in [2.45, 2.75) is 0 Å². The second-order valence-electron chi connectivity index (χ2n) is 15.8. The predicted octanol–water partition coefficient (Wildman–Crippen LogP) is 14.6. The number of hydrogen-bond donors (Lipinski definition) is 0. The van der Waals surface area contributed by atoms with E-state index in [4.69, 9.17) is 23.8 Å². The van der Waals surface area contributed by atoms with Crippen molar-refractivity contribution in [3.8, 4) is 62.1 Å². The monoisotopic (exact) mass is 778 g/mol. The van der Waals surface area contributed by atoms with Gasteiger partial charge in [0.25, 0.3) is 0 Å². The van der Waals surface area contributed by atoms with Gasteiger partial charge in [-0.2, -0.15) is 0 Å². The highest BCUT2D eigenvalue weighted by atomic mass is 16.3. The lowest BCUT2D eigenvalue weighted by Gasteiger charge is -2.15. The van der Waals surface area contributed by atoms with Crippen LogP contribution in [-0.2, 0) is 0 Å². The van der Waals surface area contributed by atoms with Crippen LogP contribution in [-0.4, -0.2) is 19.5 Å². The summed E-state index contributed by atoms with van der Waals surface area (Å²) in [5, 5.41) is 8.90. The number of rotatable bonds is 4. The van der Waals surface area contributed by atoms with Gasteiger partial charge in [-0.3, -0.25) is 0 Å². The smallest absolute Gasteiger partial charge is 0.164 e. The van der Waals surface area contributed by atoms with Gasteiger partial charge in [0.15, 0.2) is 23.1 Å². The Morgan fingerprint density at radius 2 is 0.902 bits per heavy atom. The summed E-state index contributed by atoms with van der Waals surface area (Å²) in [5.41, 5.74) is 14.0. The average molecular weight is 779 g/mol. The van der Waals surface area contributed by atoms with Gasteiger partial charge < -0.3 is 13.4 Å². The summed E-state index contributed by atoms with van der Waals surface area (Å²) in [6.07, 6.45) is 0. The summed E-state index contributed by atoms with van der Waals surface area (Å²) >= 11 is 0. The van der Waals surface area contributed by atoms with E-state index >= 15 is 0 Å². The van der Waals surface area contributed by atoms with E-state index in [2.05, 4.69) is 114 Å². The van der Waals surface area contributed by atoms with E-state index in [0.717, 1.165) is 77.3 Å². The second kappa shape index (κ2) is 12.1. The number of furan rings is 2. The quantitative estimate of drug-likeness (QED) is 0.178. The van der Waals surface area contributed by atoms with Crippen molar-refractivity contribution >= 4 is 76.5 Å². The Balaban J connectivity index is 1.08. The minimum absolute atomic E-state index is 0.558. The molecule has 0 fully saturated rings. The van der Waals surface area contributed by atoms with Crippen LogP contribution in [0, 0.1) is 0 Å². The maximum absolute atomic E-state index is 7.00. The number of hydrogen-bond acceptors (Lipinski definition) is 5. The Morgan fingerprint density at radius 1 is 0.328 bits per heavy atom. The van der Waals surface area contributed by atoms with Gasteiger partial charge in [0, 0.05) is 49.0 Å². The first-order valence-electron chi connectivity index (χ1n) is 20.5. The van der Waals surface area contributed by atoms with Gasteiger partial charge in [-0.25, -0.2) is 15.0 Å². The molecular weight excluding hydrogens is 749 g/mol. The highest BCUT2D eigenvalue weighted by Gasteiger charge is 2.27. The van der Waals surface area contributed by atoms with Gasteiger partial charge in [-0.1, -0.05) is 140 Å². The molecule has 6 nitrogen and oxygen atoms in total. The van der Waals surface area contributed by atoms with Gasteiger partial charge in [0.05, 0.1) is 16.7 Å². The first-order chi connectivity index (χ1) is 30.3. The zero-order valence-electron chi connectivity index (χ0n) is 32.4. The summed E-state index contributed by atoms with van der Waals surface area (Å²) in [6.45, 7) is 0. The number of fused-ring (bicyclic) bond motifs is 9. The third kappa shape index (κ3) is 4.48. The van der Waals surface area contributed by atoms with Crippen molar-refractivity contribution in [3.05, 3.63) is 182 Å². The second-order valence-corrected chi connectivity index (χ2v) is 15.8. The largest absolute Gasteiger partial charge is 0.456 e. The minimum Gasteiger partial charge on any atom is -0.456 e. The molecular formula is C55H30N4O2. The van der Waals surface area contributed by atoms with Crippen LogP contribution in [0.1, 0.15) is 0 Å². The van der Waals surface area contributed by atoms with Crippen LogP contribution in [0.15, 0.2) is 191 Å². The molecule has 4 heterocycles. The summed E-state index contributed by atoms with van der Waals surface area (Å²) in [6, 6.07) is 63.6. The van der Waals surface area contributed by atoms with E-state index in [9.17, 15) is 0 Å². The van der Waals surface area contributed by atoms with Crippen LogP contribution in [0.2, 0.25) is 0 Å². The molecule has 0 saturated heterocycles. The number of aromatic nitrogens is 4. The lowest BCUT2D eigenvalue weighted by molar-refractivity contribution is 0.666. The molecule has 0 amide bonds. The van der Waals surface area contributed by atoms with E-state index in [1.54, 1.807) is 0 Å². The van der Waals surface area contributed by atoms with Crippen LogP contribution in [0.25, 0.3) is 139 Å². The summed E-state index contributed by atoms with van der Waals surface area (Å²) < 4.78 is 15.7. The molecule has 0 unspecified atom stereocenters. The fraction of sp³-hybridized carbons (Fsp3) is 0. The lowest BCUT2D eigenvalue weighted by Crippen LogP contribution is -2.01. The minimum atomic E-state index is 0.558. The van der Waals surface area contributed by atoms with Crippen LogP contribution in [0.4, 0.5) is 0 Å². The Kier molecular flexibility index (Phi) is 6.46. The van der Waals surface area contributed by atoms with Crippen molar-refractivity contribution in [2.75, 3.05) is 0 Å². The maximum atomic E-state index is 7.00. The Bertz CT molecular complexity index is 4010. The van der Waals surface area contributed by atoms with Gasteiger partial charge >= 0.3 is 0 Å². The van der Waals surface area contributed by atoms with E-state index in [0.29, 0.717) is 17.5 Å². The molecule has 0 saturated carbocycles. The van der Waals surface area contributed by atoms with Crippen molar-refractivity contribution in [2.24, 2.45) is 0 Å². The average Bonchev–Trinajstić information content (AvgIpc) is 3.99. The lowest BCUT2D eigenvalue weighted by atomic mass is 9.93. The Labute approximate surface area is 347 Å². The number of nitrogens with zero attached hydrogens (tertiary/aromatic N) is 4. The SMILES string of the molecule is c1ccc(-c2nc(-c3cccc4oc5ccccc5c34)nc(-c3ccc(-n4c5cccc6c5c5c7c(cccc7ccc54)-c4ccccc4-6)c4oc5ccccc5c34)n2)cc1. The molecule has 14 rings (SSSR count). The Hall–Kier alpha value is -8.35. The van der Waals surface area contributed by atoms with Crippen LogP contribution in [0.3, 0.4) is 0 Å². The van der Waals surface area contributed by atoms with Crippen molar-refractivity contribution in [1.29, 1.82) is 0 Å². The van der Waals surface area contributed by atoms with Crippen molar-refractivity contribution in [3.63, 3.8) is 0 Å². The third-order valence-corrected chi connectivity index (χ3v) is 12.6. The first-order valence-corrected chi connectivity index (χ1v) is 20.5. The molecule has 0 atom stereocenters. The molecule has 61 heavy (non-hydrogen) atoms. The van der Waals surface area contributed by atoms with Crippen LogP contribution < -0.4 is 0 Å². The van der Waals surface area contributed by atoms with Gasteiger partial charge in [-0.05, 0) is 75.5 Å². The summed E-state index contributed by atoms with van der Waals surface area (Å²) in [5.74, 6) is 1.71. The normalized spacial score (nSPS) is 12.3. The van der Waals surface area contributed by atoms with E-state index < -0.39 is 0 Å². The van der Waals surface area contributed by atoms with Crippen LogP contribution in [0.5, 0.6) is 0 Å². The topological polar surface area (TPSA) is 69.9 Å². The fourth-order valence-electron chi connectivity index (χ4n) is 10.1. The molecule has 9 aromatic carbocycles.